The van der Waals surface area contributed by atoms with Gasteiger partial charge in [-0.25, -0.2) is 4.57 Å². The number of nitrogens with zero attached hydrogens (tertiary/aromatic N) is 5. The molecule has 4 fully saturated rings. The number of likely N-dealkylation sites (tertiary alicyclic amines) is 1. The number of nitrogens with one attached hydrogen (secondary N) is 2. The number of carbonyl (C=O) groups excluding carboxylic acids is 4. The molecule has 3 aromatic rings. The average molecular weight is 1100 g/mol. The smallest absolute Gasteiger partial charge is 0.497 e. The number of phosphoric acid groups is 1. The average Bonchev–Trinajstić information content (AvgIpc) is 3.91. The van der Waals surface area contributed by atoms with Crippen LogP contribution in [0.3, 0.4) is 0 Å². The van der Waals surface area contributed by atoms with Crippen molar-refractivity contribution in [1.82, 2.24) is 35.2 Å². The monoisotopic (exact) mass is 1100 g/mol. The van der Waals surface area contributed by atoms with Gasteiger partial charge in [0.25, 0.3) is 0 Å². The highest BCUT2D eigenvalue weighted by Crippen LogP contribution is 2.53. The molecule has 0 spiro atoms. The van der Waals surface area contributed by atoms with Gasteiger partial charge in [-0.05, 0) is 130 Å². The largest absolute Gasteiger partial charge is 0.528 e. The standard InChI is InChI=1S/C59H90N7O11P/c1-15-38(7)54(64(11)59(70)52(36(3)4)62-58(69)53(37(5)6)63(9)10)50(74-13)34-51(67)66-30-17-18-48(66)55(75-14)39(8)57(68)61-28-25-40-19-21-43(22-20-40)76-78(71,72)77-56(49-32-42-27-31-65(49)35-41(42)16-2)45-26-29-60-47-24-23-44(73-12)33-46(45)47/h16,19-24,26,29,33,36-39,41-42,48-50,52-56H,2,15,17-18,25,27-28,30-32,34-35H2,1,3-14H3,(H,61,68)(H,62,69)(H,71,72)/t38-,39+,41-,42-,48-,49-,50+,52-,53-,54-,55+,56+/m0/s1. The second-order valence-corrected chi connectivity index (χ2v) is 24.1. The number of methoxy groups -OCH3 is 3. The number of benzene rings is 2. The molecular weight excluding hydrogens is 1010 g/mol. The van der Waals surface area contributed by atoms with E-state index in [2.05, 4.69) is 27.1 Å². The molecule has 4 aliphatic rings. The second kappa shape index (κ2) is 28.0. The lowest BCUT2D eigenvalue weighted by Gasteiger charge is -2.51. The third-order valence-corrected chi connectivity index (χ3v) is 17.8. The number of amides is 4. The van der Waals surface area contributed by atoms with Gasteiger partial charge in [-0.3, -0.25) is 43.4 Å². The maximum absolute atomic E-state index is 14.4. The summed E-state index contributed by atoms with van der Waals surface area (Å²) < 4.78 is 43.7. The van der Waals surface area contributed by atoms with Gasteiger partial charge in [0.1, 0.15) is 23.6 Å². The predicted molar refractivity (Wildman–Crippen MR) is 303 cm³/mol. The molecule has 4 aliphatic heterocycles. The van der Waals surface area contributed by atoms with E-state index in [1.54, 1.807) is 68.6 Å². The van der Waals surface area contributed by atoms with E-state index in [1.165, 1.54) is 0 Å². The van der Waals surface area contributed by atoms with E-state index in [0.29, 0.717) is 49.0 Å². The van der Waals surface area contributed by atoms with Gasteiger partial charge in [-0.1, -0.05) is 73.1 Å². The first-order valence-corrected chi connectivity index (χ1v) is 29.5. The van der Waals surface area contributed by atoms with Crippen molar-refractivity contribution < 1.29 is 51.9 Å². The summed E-state index contributed by atoms with van der Waals surface area (Å²) in [4.78, 5) is 79.8. The summed E-state index contributed by atoms with van der Waals surface area (Å²) in [5, 5.41) is 6.87. The fraction of sp³-hybridized carbons (Fsp3) is 0.644. The molecule has 7 rings (SSSR count). The molecule has 5 heterocycles. The molecule has 2 aromatic carbocycles. The summed E-state index contributed by atoms with van der Waals surface area (Å²) in [6.07, 6.45) is 6.01. The van der Waals surface area contributed by atoms with Crippen molar-refractivity contribution in [3.8, 4) is 11.5 Å². The molecule has 18 nitrogen and oxygen atoms in total. The van der Waals surface area contributed by atoms with Crippen molar-refractivity contribution in [1.29, 1.82) is 0 Å². The van der Waals surface area contributed by atoms with E-state index in [0.717, 1.165) is 55.3 Å². The Morgan fingerprint density at radius 1 is 0.910 bits per heavy atom. The maximum Gasteiger partial charge on any atom is 0.528 e. The van der Waals surface area contributed by atoms with Gasteiger partial charge in [0.15, 0.2) is 0 Å². The SMILES string of the molecule is C=C[C@H]1CN2CC[C@H]1C[C@H]2[C@H](OP(=O)(O)Oc1ccc(CCNC(=O)[C@H](C)[C@@H](OC)[C@@H]2CCCN2C(=O)C[C@@H](OC)[C@H]([C@@H](C)CC)N(C)C(=O)[C@@H](NC(=O)[C@H](C(C)C)N(C)C)C(C)C)cc1)c1ccnc2ccc(OC)cc12. The first-order valence-electron chi connectivity index (χ1n) is 28.0. The van der Waals surface area contributed by atoms with Crippen LogP contribution in [0.4, 0.5) is 0 Å². The van der Waals surface area contributed by atoms with Crippen LogP contribution in [0.25, 0.3) is 10.9 Å². The minimum Gasteiger partial charge on any atom is -0.497 e. The third-order valence-electron chi connectivity index (χ3n) is 16.8. The lowest BCUT2D eigenvalue weighted by molar-refractivity contribution is -0.148. The zero-order valence-electron chi connectivity index (χ0n) is 48.6. The van der Waals surface area contributed by atoms with Gasteiger partial charge in [0, 0.05) is 58.5 Å². The van der Waals surface area contributed by atoms with Crippen molar-refractivity contribution in [2.24, 2.45) is 35.5 Å². The number of aromatic nitrogens is 1. The molecule has 0 saturated carbocycles. The van der Waals surface area contributed by atoms with Crippen LogP contribution in [0.2, 0.25) is 0 Å². The van der Waals surface area contributed by atoms with Crippen LogP contribution in [0.1, 0.15) is 104 Å². The number of pyridine rings is 1. The zero-order chi connectivity index (χ0) is 57.2. The summed E-state index contributed by atoms with van der Waals surface area (Å²) in [7, 11) is 5.45. The van der Waals surface area contributed by atoms with Crippen LogP contribution >= 0.6 is 7.82 Å². The molecule has 432 valence electrons. The van der Waals surface area contributed by atoms with Crippen LogP contribution < -0.4 is 19.9 Å². The number of phosphoric ester groups is 1. The van der Waals surface area contributed by atoms with Gasteiger partial charge in [-0.2, -0.15) is 0 Å². The van der Waals surface area contributed by atoms with Gasteiger partial charge < -0.3 is 39.2 Å². The number of hydrogen-bond acceptors (Lipinski definition) is 13. The number of ether oxygens (including phenoxy) is 3. The fourth-order valence-corrected chi connectivity index (χ4v) is 13.4. The normalized spacial score (nSPS) is 23.2. The van der Waals surface area contributed by atoms with Gasteiger partial charge >= 0.3 is 7.82 Å². The number of hydrogen-bond donors (Lipinski definition) is 3. The van der Waals surface area contributed by atoms with Crippen molar-refractivity contribution >= 4 is 42.4 Å². The summed E-state index contributed by atoms with van der Waals surface area (Å²) in [6, 6.07) is 12.0. The minimum absolute atomic E-state index is 0.00795. The van der Waals surface area contributed by atoms with E-state index >= 15 is 0 Å². The van der Waals surface area contributed by atoms with Crippen molar-refractivity contribution in [2.45, 2.75) is 142 Å². The van der Waals surface area contributed by atoms with Crippen molar-refractivity contribution in [3.63, 3.8) is 0 Å². The number of piperidine rings is 3. The Kier molecular flexibility index (Phi) is 22.3. The van der Waals surface area contributed by atoms with Crippen molar-refractivity contribution in [2.75, 3.05) is 68.7 Å². The Morgan fingerprint density at radius 3 is 2.21 bits per heavy atom. The summed E-state index contributed by atoms with van der Waals surface area (Å²) >= 11 is 0. The van der Waals surface area contributed by atoms with E-state index < -0.39 is 50.2 Å². The number of carbonyl (C=O) groups is 4. The van der Waals surface area contributed by atoms with Crippen LogP contribution in [0, 0.1) is 35.5 Å². The second-order valence-electron chi connectivity index (χ2n) is 22.8. The lowest BCUT2D eigenvalue weighted by atomic mass is 9.73. The van der Waals surface area contributed by atoms with E-state index in [1.807, 2.05) is 97.8 Å². The molecule has 4 amide bonds. The molecule has 0 aliphatic carbocycles. The summed E-state index contributed by atoms with van der Waals surface area (Å²) in [5.74, 6) is -0.142. The molecular formula is C59H90N7O11P. The van der Waals surface area contributed by atoms with Crippen LogP contribution in [-0.2, 0) is 44.2 Å². The molecule has 4 saturated heterocycles. The van der Waals surface area contributed by atoms with Crippen LogP contribution in [0.15, 0.2) is 67.4 Å². The number of fused-ring (bicyclic) bond motifs is 4. The molecule has 3 N–H and O–H groups in total. The number of likely N-dealkylation sites (N-methyl/N-ethyl adjacent to an activating group) is 2. The molecule has 0 radical (unpaired) electrons. The molecule has 78 heavy (non-hydrogen) atoms. The topological polar surface area (TPSA) is 202 Å². The van der Waals surface area contributed by atoms with Crippen LogP contribution in [-0.4, -0.2) is 164 Å². The highest BCUT2D eigenvalue weighted by molar-refractivity contribution is 7.47. The highest BCUT2D eigenvalue weighted by Gasteiger charge is 2.47. The predicted octanol–water partition coefficient (Wildman–Crippen LogP) is 7.68. The van der Waals surface area contributed by atoms with Crippen molar-refractivity contribution in [3.05, 3.63) is 78.5 Å². The lowest BCUT2D eigenvalue weighted by Crippen LogP contribution is -2.59. The molecule has 14 atom stereocenters. The Hall–Kier alpha value is -4.94. The van der Waals surface area contributed by atoms with Gasteiger partial charge in [0.05, 0.1) is 55.3 Å². The third kappa shape index (κ3) is 14.9. The summed E-state index contributed by atoms with van der Waals surface area (Å²) in [6.45, 7) is 20.2. The quantitative estimate of drug-likeness (QED) is 0.0472. The minimum atomic E-state index is -4.71. The molecule has 2 unspecified atom stereocenters. The summed E-state index contributed by atoms with van der Waals surface area (Å²) in [5.41, 5.74) is 2.30. The Bertz CT molecular complexity index is 2540. The highest BCUT2D eigenvalue weighted by atomic mass is 31.2. The molecule has 2 bridgehead atoms. The fourth-order valence-electron chi connectivity index (χ4n) is 12.5. The van der Waals surface area contributed by atoms with E-state index in [-0.39, 0.29) is 65.6 Å². The van der Waals surface area contributed by atoms with Gasteiger partial charge in [-0.15, -0.1) is 6.58 Å². The molecule has 19 heteroatoms. The number of rotatable bonds is 28. The Morgan fingerprint density at radius 2 is 1.62 bits per heavy atom. The molecule has 1 aromatic heterocycles. The van der Waals surface area contributed by atoms with E-state index in [4.69, 9.17) is 23.3 Å². The Labute approximate surface area is 463 Å². The van der Waals surface area contributed by atoms with Gasteiger partial charge in [0.2, 0.25) is 23.6 Å². The zero-order valence-corrected chi connectivity index (χ0v) is 49.4. The Balaban J connectivity index is 1.06. The first-order chi connectivity index (χ1) is 37.1. The first kappa shape index (κ1) is 62.3. The van der Waals surface area contributed by atoms with Crippen LogP contribution in [0.5, 0.6) is 11.5 Å². The maximum atomic E-state index is 14.4. The van der Waals surface area contributed by atoms with E-state index in [9.17, 15) is 28.6 Å².